The maximum atomic E-state index is 12.5. The summed E-state index contributed by atoms with van der Waals surface area (Å²) < 4.78 is 5.74. The molecule has 0 fully saturated rings. The second-order valence-electron chi connectivity index (χ2n) is 6.89. The Morgan fingerprint density at radius 2 is 1.89 bits per heavy atom. The quantitative estimate of drug-likeness (QED) is 0.456. The van der Waals surface area contributed by atoms with Gasteiger partial charge in [-0.25, -0.2) is 0 Å². The van der Waals surface area contributed by atoms with E-state index < -0.39 is 0 Å². The molecule has 2 N–H and O–H groups in total. The van der Waals surface area contributed by atoms with E-state index in [9.17, 15) is 9.90 Å². The van der Waals surface area contributed by atoms with Crippen LogP contribution in [0.5, 0.6) is 11.6 Å². The number of thioether (sulfide) groups is 1. The third-order valence-electron chi connectivity index (χ3n) is 4.17. The molecule has 3 rings (SSSR count). The van der Waals surface area contributed by atoms with Crippen molar-refractivity contribution in [1.82, 2.24) is 9.97 Å². The lowest BCUT2D eigenvalue weighted by molar-refractivity contribution is 0.240. The van der Waals surface area contributed by atoms with Gasteiger partial charge in [0, 0.05) is 12.2 Å². The number of aryl methyl sites for hydroxylation is 1. The summed E-state index contributed by atoms with van der Waals surface area (Å²) >= 11 is 1.38. The number of ether oxygens (including phenoxy) is 1. The molecule has 0 unspecified atom stereocenters. The number of H-pyrrole nitrogens is 1. The number of hydrogen-bond acceptors (Lipinski definition) is 5. The molecule has 0 spiro atoms. The molecule has 146 valence electrons. The fourth-order valence-corrected chi connectivity index (χ4v) is 3.64. The summed E-state index contributed by atoms with van der Waals surface area (Å²) in [6, 6.07) is 15.7. The molecule has 2 aromatic carbocycles. The number of aromatic hydroxyl groups is 1. The highest BCUT2D eigenvalue weighted by Gasteiger charge is 2.13. The number of hydrogen-bond donors (Lipinski definition) is 2. The van der Waals surface area contributed by atoms with E-state index in [0.29, 0.717) is 17.3 Å². The molecule has 0 aliphatic heterocycles. The fraction of sp³-hybridized carbons (Fsp3) is 0.273. The van der Waals surface area contributed by atoms with Gasteiger partial charge in [0.15, 0.2) is 5.16 Å². The Bertz CT molecular complexity index is 1000. The number of rotatable bonds is 7. The Morgan fingerprint density at radius 3 is 2.54 bits per heavy atom. The van der Waals surface area contributed by atoms with E-state index in [2.05, 4.69) is 9.97 Å². The van der Waals surface area contributed by atoms with Crippen molar-refractivity contribution in [2.45, 2.75) is 44.2 Å². The average Bonchev–Trinajstić information content (AvgIpc) is 2.65. The second kappa shape index (κ2) is 8.97. The third-order valence-corrected chi connectivity index (χ3v) is 5.12. The number of aromatic amines is 1. The standard InChI is InChI=1S/C22H24N2O3S/c1-14(2)27-19-10-9-17(11-15(19)3)12-18-20(25)23-22(24-21(18)26)28-13-16-7-5-4-6-8-16/h4-11,14H,12-13H2,1-3H3,(H2,23,24,25,26). The van der Waals surface area contributed by atoms with Crippen LogP contribution in [0.3, 0.4) is 0 Å². The Hall–Kier alpha value is -2.73. The summed E-state index contributed by atoms with van der Waals surface area (Å²) in [6.45, 7) is 5.93. The zero-order chi connectivity index (χ0) is 20.1. The molecule has 0 saturated carbocycles. The summed E-state index contributed by atoms with van der Waals surface area (Å²) in [7, 11) is 0. The summed E-state index contributed by atoms with van der Waals surface area (Å²) in [5.41, 5.74) is 2.98. The minimum atomic E-state index is -0.316. The smallest absolute Gasteiger partial charge is 0.258 e. The van der Waals surface area contributed by atoms with Crippen LogP contribution >= 0.6 is 11.8 Å². The van der Waals surface area contributed by atoms with Crippen molar-refractivity contribution in [2.75, 3.05) is 0 Å². The first-order valence-electron chi connectivity index (χ1n) is 9.17. The number of nitrogens with one attached hydrogen (secondary N) is 1. The van der Waals surface area contributed by atoms with Crippen LogP contribution in [0.25, 0.3) is 0 Å². The van der Waals surface area contributed by atoms with Gasteiger partial charge in [0.1, 0.15) is 5.75 Å². The van der Waals surface area contributed by atoms with Crippen molar-refractivity contribution < 1.29 is 9.84 Å². The first kappa shape index (κ1) is 20.0. The van der Waals surface area contributed by atoms with Crippen LogP contribution in [-0.4, -0.2) is 21.2 Å². The van der Waals surface area contributed by atoms with Crippen LogP contribution in [0.15, 0.2) is 58.5 Å². The van der Waals surface area contributed by atoms with Gasteiger partial charge in [0.05, 0.1) is 11.7 Å². The molecule has 6 heteroatoms. The SMILES string of the molecule is Cc1cc(Cc2c(O)nc(SCc3ccccc3)[nH]c2=O)ccc1OC(C)C. The highest BCUT2D eigenvalue weighted by molar-refractivity contribution is 7.98. The normalized spacial score (nSPS) is 11.0. The fourth-order valence-electron chi connectivity index (χ4n) is 2.83. The van der Waals surface area contributed by atoms with Crippen LogP contribution in [0.1, 0.15) is 36.1 Å². The Labute approximate surface area is 168 Å². The zero-order valence-corrected chi connectivity index (χ0v) is 17.0. The van der Waals surface area contributed by atoms with E-state index >= 15 is 0 Å². The lowest BCUT2D eigenvalue weighted by Gasteiger charge is -2.13. The molecular weight excluding hydrogens is 372 g/mol. The maximum Gasteiger partial charge on any atom is 0.258 e. The van der Waals surface area contributed by atoms with Gasteiger partial charge in [0.2, 0.25) is 5.88 Å². The molecular formula is C22H24N2O3S. The van der Waals surface area contributed by atoms with E-state index in [1.54, 1.807) is 0 Å². The second-order valence-corrected chi connectivity index (χ2v) is 7.85. The van der Waals surface area contributed by atoms with Crippen molar-refractivity contribution in [3.05, 3.63) is 81.1 Å². The molecule has 1 aromatic heterocycles. The molecule has 1 heterocycles. The predicted molar refractivity (Wildman–Crippen MR) is 112 cm³/mol. The maximum absolute atomic E-state index is 12.5. The van der Waals surface area contributed by atoms with Gasteiger partial charge in [-0.3, -0.25) is 4.79 Å². The van der Waals surface area contributed by atoms with E-state index in [1.165, 1.54) is 11.8 Å². The van der Waals surface area contributed by atoms with E-state index in [0.717, 1.165) is 22.4 Å². The van der Waals surface area contributed by atoms with Crippen molar-refractivity contribution in [3.8, 4) is 11.6 Å². The number of benzene rings is 2. The van der Waals surface area contributed by atoms with E-state index in [4.69, 9.17) is 4.74 Å². The highest BCUT2D eigenvalue weighted by Crippen LogP contribution is 2.24. The molecule has 0 aliphatic carbocycles. The van der Waals surface area contributed by atoms with Crippen LogP contribution in [0, 0.1) is 6.92 Å². The van der Waals surface area contributed by atoms with Crippen LogP contribution in [-0.2, 0) is 12.2 Å². The summed E-state index contributed by atoms with van der Waals surface area (Å²) in [6.07, 6.45) is 0.405. The predicted octanol–water partition coefficient (Wildman–Crippen LogP) is 4.45. The van der Waals surface area contributed by atoms with Gasteiger partial charge in [-0.1, -0.05) is 54.2 Å². The largest absolute Gasteiger partial charge is 0.493 e. The van der Waals surface area contributed by atoms with Gasteiger partial charge in [0.25, 0.3) is 5.56 Å². The lowest BCUT2D eigenvalue weighted by Crippen LogP contribution is -2.15. The minimum Gasteiger partial charge on any atom is -0.493 e. The molecule has 0 saturated heterocycles. The van der Waals surface area contributed by atoms with E-state index in [-0.39, 0.29) is 23.1 Å². The highest BCUT2D eigenvalue weighted by atomic mass is 32.2. The average molecular weight is 397 g/mol. The van der Waals surface area contributed by atoms with Gasteiger partial charge in [-0.15, -0.1) is 0 Å². The Balaban J connectivity index is 1.74. The molecule has 28 heavy (non-hydrogen) atoms. The van der Waals surface area contributed by atoms with Crippen molar-refractivity contribution >= 4 is 11.8 Å². The molecule has 5 nitrogen and oxygen atoms in total. The van der Waals surface area contributed by atoms with Crippen molar-refractivity contribution in [2.24, 2.45) is 0 Å². The minimum absolute atomic E-state index is 0.0987. The first-order chi connectivity index (χ1) is 13.4. The topological polar surface area (TPSA) is 75.2 Å². The molecule has 0 radical (unpaired) electrons. The summed E-state index contributed by atoms with van der Waals surface area (Å²) in [5.74, 6) is 1.26. The molecule has 0 aliphatic rings. The van der Waals surface area contributed by atoms with Gasteiger partial charge in [-0.05, 0) is 43.5 Å². The molecule has 3 aromatic rings. The Kier molecular flexibility index (Phi) is 6.41. The van der Waals surface area contributed by atoms with Gasteiger partial charge in [-0.2, -0.15) is 4.98 Å². The summed E-state index contributed by atoms with van der Waals surface area (Å²) in [4.78, 5) is 19.4. The van der Waals surface area contributed by atoms with Crippen LogP contribution in [0.2, 0.25) is 0 Å². The third kappa shape index (κ3) is 5.16. The molecule has 0 amide bonds. The first-order valence-corrected chi connectivity index (χ1v) is 10.2. The Morgan fingerprint density at radius 1 is 1.14 bits per heavy atom. The zero-order valence-electron chi connectivity index (χ0n) is 16.2. The number of aromatic nitrogens is 2. The molecule has 0 atom stereocenters. The van der Waals surface area contributed by atoms with Gasteiger partial charge < -0.3 is 14.8 Å². The van der Waals surface area contributed by atoms with Crippen molar-refractivity contribution in [3.63, 3.8) is 0 Å². The monoisotopic (exact) mass is 396 g/mol. The van der Waals surface area contributed by atoms with Crippen molar-refractivity contribution in [1.29, 1.82) is 0 Å². The van der Waals surface area contributed by atoms with Crippen LogP contribution in [0.4, 0.5) is 0 Å². The van der Waals surface area contributed by atoms with Gasteiger partial charge >= 0.3 is 0 Å². The van der Waals surface area contributed by atoms with Crippen LogP contribution < -0.4 is 10.3 Å². The lowest BCUT2D eigenvalue weighted by atomic mass is 10.0. The molecule has 0 bridgehead atoms. The number of nitrogens with zero attached hydrogens (tertiary/aromatic N) is 1. The van der Waals surface area contributed by atoms with E-state index in [1.807, 2.05) is 69.3 Å². The summed E-state index contributed by atoms with van der Waals surface area (Å²) in [5, 5.41) is 10.7.